The molecule has 0 spiro atoms. The minimum Gasteiger partial charge on any atom is -0.493 e. The molecule has 9 nitrogen and oxygen atoms in total. The highest BCUT2D eigenvalue weighted by molar-refractivity contribution is 6.07. The minimum atomic E-state index is -0.824. The summed E-state index contributed by atoms with van der Waals surface area (Å²) in [5.74, 6) is -1.27. The van der Waals surface area contributed by atoms with Gasteiger partial charge in [0, 0.05) is 17.8 Å². The summed E-state index contributed by atoms with van der Waals surface area (Å²) in [4.78, 5) is 38.0. The van der Waals surface area contributed by atoms with E-state index in [1.54, 1.807) is 6.07 Å². The van der Waals surface area contributed by atoms with E-state index in [9.17, 15) is 14.4 Å². The van der Waals surface area contributed by atoms with Crippen molar-refractivity contribution in [2.45, 2.75) is 26.7 Å². The van der Waals surface area contributed by atoms with Crippen molar-refractivity contribution < 1.29 is 33.0 Å². The molecule has 0 fully saturated rings. The van der Waals surface area contributed by atoms with E-state index in [1.807, 2.05) is 32.0 Å². The van der Waals surface area contributed by atoms with E-state index in [2.05, 4.69) is 10.6 Å². The number of anilines is 2. The van der Waals surface area contributed by atoms with Crippen molar-refractivity contribution in [3.63, 3.8) is 0 Å². The number of amides is 2. The van der Waals surface area contributed by atoms with Crippen molar-refractivity contribution in [1.82, 2.24) is 0 Å². The number of benzene rings is 2. The third-order valence-electron chi connectivity index (χ3n) is 5.33. The van der Waals surface area contributed by atoms with Crippen LogP contribution in [0.2, 0.25) is 0 Å². The molecule has 0 saturated carbocycles. The zero-order valence-corrected chi connectivity index (χ0v) is 20.1. The highest BCUT2D eigenvalue weighted by Crippen LogP contribution is 2.34. The van der Waals surface area contributed by atoms with Crippen LogP contribution in [0.5, 0.6) is 11.5 Å². The van der Waals surface area contributed by atoms with Crippen LogP contribution in [0, 0.1) is 0 Å². The van der Waals surface area contributed by atoms with Crippen LogP contribution >= 0.6 is 0 Å². The van der Waals surface area contributed by atoms with Gasteiger partial charge in [0.15, 0.2) is 23.9 Å². The normalized spacial score (nSPS) is 10.4. The predicted octanol–water partition coefficient (Wildman–Crippen LogP) is 4.47. The molecule has 184 valence electrons. The molecule has 0 radical (unpaired) electrons. The van der Waals surface area contributed by atoms with E-state index in [-0.39, 0.29) is 22.8 Å². The number of hydrogen-bond donors (Lipinski definition) is 2. The lowest BCUT2D eigenvalue weighted by Gasteiger charge is -2.16. The number of methoxy groups -OCH3 is 2. The van der Waals surface area contributed by atoms with E-state index in [0.717, 1.165) is 29.7 Å². The van der Waals surface area contributed by atoms with Crippen molar-refractivity contribution in [2.24, 2.45) is 0 Å². The van der Waals surface area contributed by atoms with Crippen LogP contribution in [0.15, 0.2) is 53.1 Å². The predicted molar refractivity (Wildman–Crippen MR) is 130 cm³/mol. The molecule has 1 heterocycles. The first kappa shape index (κ1) is 25.4. The highest BCUT2D eigenvalue weighted by Gasteiger charge is 2.22. The Kier molecular flexibility index (Phi) is 8.50. The molecule has 3 rings (SSSR count). The fourth-order valence-corrected chi connectivity index (χ4v) is 3.53. The number of esters is 1. The number of carbonyl (C=O) groups is 3. The number of hydrogen-bond acceptors (Lipinski definition) is 7. The fourth-order valence-electron chi connectivity index (χ4n) is 3.53. The maximum Gasteiger partial charge on any atom is 0.340 e. The molecule has 0 atom stereocenters. The molecule has 2 amide bonds. The topological polar surface area (TPSA) is 116 Å². The maximum atomic E-state index is 12.9. The number of ether oxygens (including phenoxy) is 3. The molecule has 0 aliphatic carbocycles. The van der Waals surface area contributed by atoms with Gasteiger partial charge in [0.1, 0.15) is 0 Å². The Morgan fingerprint density at radius 3 is 2.11 bits per heavy atom. The SMILES string of the molecule is CCc1cccc(CC)c1NC(=O)COC(=O)c1cc(OC)c(OC)cc1NC(=O)c1ccco1. The van der Waals surface area contributed by atoms with Gasteiger partial charge in [0.25, 0.3) is 11.8 Å². The molecular formula is C26H28N2O7. The average molecular weight is 481 g/mol. The number of furan rings is 1. The lowest BCUT2D eigenvalue weighted by atomic mass is 10.0. The second kappa shape index (κ2) is 11.7. The Morgan fingerprint density at radius 1 is 0.886 bits per heavy atom. The first-order valence-electron chi connectivity index (χ1n) is 11.1. The molecular weight excluding hydrogens is 452 g/mol. The first-order chi connectivity index (χ1) is 16.9. The smallest absolute Gasteiger partial charge is 0.340 e. The second-order valence-corrected chi connectivity index (χ2v) is 7.47. The van der Waals surface area contributed by atoms with Gasteiger partial charge in [-0.3, -0.25) is 9.59 Å². The summed E-state index contributed by atoms with van der Waals surface area (Å²) in [6.07, 6.45) is 2.85. The van der Waals surface area contributed by atoms with Crippen LogP contribution < -0.4 is 20.1 Å². The Balaban J connectivity index is 1.79. The van der Waals surface area contributed by atoms with Crippen LogP contribution in [-0.4, -0.2) is 38.6 Å². The number of rotatable bonds is 10. The zero-order valence-electron chi connectivity index (χ0n) is 20.1. The van der Waals surface area contributed by atoms with Gasteiger partial charge in [-0.1, -0.05) is 32.0 Å². The minimum absolute atomic E-state index is 0.0152. The van der Waals surface area contributed by atoms with E-state index in [1.165, 1.54) is 38.7 Å². The van der Waals surface area contributed by atoms with Gasteiger partial charge in [-0.25, -0.2) is 4.79 Å². The fraction of sp³-hybridized carbons (Fsp3) is 0.269. The van der Waals surface area contributed by atoms with Crippen molar-refractivity contribution in [1.29, 1.82) is 0 Å². The van der Waals surface area contributed by atoms with Gasteiger partial charge in [-0.05, 0) is 36.1 Å². The van der Waals surface area contributed by atoms with E-state index in [0.29, 0.717) is 5.75 Å². The molecule has 2 N–H and O–H groups in total. The molecule has 0 saturated heterocycles. The van der Waals surface area contributed by atoms with Gasteiger partial charge in [0.05, 0.1) is 31.7 Å². The molecule has 0 unspecified atom stereocenters. The van der Waals surface area contributed by atoms with Gasteiger partial charge in [-0.2, -0.15) is 0 Å². The number of nitrogens with one attached hydrogen (secondary N) is 2. The monoisotopic (exact) mass is 480 g/mol. The van der Waals surface area contributed by atoms with Gasteiger partial charge < -0.3 is 29.3 Å². The second-order valence-electron chi connectivity index (χ2n) is 7.47. The average Bonchev–Trinajstić information content (AvgIpc) is 3.42. The van der Waals surface area contributed by atoms with Crippen LogP contribution in [0.25, 0.3) is 0 Å². The first-order valence-corrected chi connectivity index (χ1v) is 11.1. The number of para-hydroxylation sites is 1. The van der Waals surface area contributed by atoms with Crippen LogP contribution in [0.1, 0.15) is 45.9 Å². The summed E-state index contributed by atoms with van der Waals surface area (Å²) in [7, 11) is 2.84. The molecule has 1 aromatic heterocycles. The summed E-state index contributed by atoms with van der Waals surface area (Å²) in [5, 5.41) is 5.46. The standard InChI is InChI=1S/C26H28N2O7/c1-5-16-9-7-10-17(6-2)24(16)28-23(29)15-35-26(31)18-13-21(32-3)22(33-4)14-19(18)27-25(30)20-11-8-12-34-20/h7-14H,5-6,15H2,1-4H3,(H,27,30)(H,28,29). The van der Waals surface area contributed by atoms with Gasteiger partial charge in [0.2, 0.25) is 0 Å². The third-order valence-corrected chi connectivity index (χ3v) is 5.33. The molecule has 3 aromatic rings. The Labute approximate surface area is 203 Å². The number of carbonyl (C=O) groups excluding carboxylic acids is 3. The van der Waals surface area contributed by atoms with E-state index in [4.69, 9.17) is 18.6 Å². The third kappa shape index (κ3) is 6.00. The largest absolute Gasteiger partial charge is 0.493 e. The van der Waals surface area contributed by atoms with Crippen molar-refractivity contribution in [3.8, 4) is 11.5 Å². The summed E-state index contributed by atoms with van der Waals surface area (Å²) >= 11 is 0. The Hall–Kier alpha value is -4.27. The van der Waals surface area contributed by atoms with Crippen LogP contribution in [0.4, 0.5) is 11.4 Å². The summed E-state index contributed by atoms with van der Waals surface area (Å²) in [6, 6.07) is 11.7. The molecule has 0 aliphatic rings. The molecule has 35 heavy (non-hydrogen) atoms. The Morgan fingerprint density at radius 2 is 1.54 bits per heavy atom. The molecule has 9 heteroatoms. The zero-order chi connectivity index (χ0) is 25.4. The van der Waals surface area contributed by atoms with E-state index < -0.39 is 24.4 Å². The van der Waals surface area contributed by atoms with Crippen molar-refractivity contribution >= 4 is 29.2 Å². The van der Waals surface area contributed by atoms with Crippen molar-refractivity contribution in [3.05, 3.63) is 71.2 Å². The Bertz CT molecular complexity index is 1180. The van der Waals surface area contributed by atoms with Gasteiger partial charge in [-0.15, -0.1) is 0 Å². The maximum absolute atomic E-state index is 12.9. The van der Waals surface area contributed by atoms with Gasteiger partial charge >= 0.3 is 5.97 Å². The van der Waals surface area contributed by atoms with Crippen LogP contribution in [-0.2, 0) is 22.4 Å². The molecule has 0 bridgehead atoms. The highest BCUT2D eigenvalue weighted by atomic mass is 16.5. The molecule has 0 aliphatic heterocycles. The van der Waals surface area contributed by atoms with E-state index >= 15 is 0 Å². The molecule has 2 aromatic carbocycles. The van der Waals surface area contributed by atoms with Crippen molar-refractivity contribution in [2.75, 3.05) is 31.5 Å². The summed E-state index contributed by atoms with van der Waals surface area (Å²) in [5.41, 5.74) is 2.81. The number of aryl methyl sites for hydroxylation is 2. The van der Waals surface area contributed by atoms with Crippen LogP contribution in [0.3, 0.4) is 0 Å². The lowest BCUT2D eigenvalue weighted by Crippen LogP contribution is -2.23. The quantitative estimate of drug-likeness (QED) is 0.411. The lowest BCUT2D eigenvalue weighted by molar-refractivity contribution is -0.119. The summed E-state index contributed by atoms with van der Waals surface area (Å²) < 4.78 is 20.9. The summed E-state index contributed by atoms with van der Waals surface area (Å²) in [6.45, 7) is 3.49.